The number of benzene rings is 1. The molecule has 5 nitrogen and oxygen atoms in total. The third kappa shape index (κ3) is 3.75. The average molecular weight is 364 g/mol. The molecule has 0 N–H and O–H groups in total. The number of fused-ring (bicyclic) bond motifs is 3. The second kappa shape index (κ2) is 7.08. The van der Waals surface area contributed by atoms with Crippen molar-refractivity contribution in [2.75, 3.05) is 13.1 Å². The fraction of sp³-hybridized carbons (Fsp3) is 0.632. The van der Waals surface area contributed by atoms with E-state index in [1.807, 2.05) is 6.07 Å². The van der Waals surface area contributed by atoms with E-state index in [0.29, 0.717) is 18.0 Å². The quantitative estimate of drug-likeness (QED) is 0.787. The van der Waals surface area contributed by atoms with Gasteiger partial charge in [0.05, 0.1) is 15.9 Å². The molecule has 0 aliphatic carbocycles. The smallest absolute Gasteiger partial charge is 0.243 e. The van der Waals surface area contributed by atoms with Crippen molar-refractivity contribution in [3.8, 4) is 0 Å². The fourth-order valence-electron chi connectivity index (χ4n) is 3.55. The number of aryl methyl sites for hydroxylation is 2. The number of aromatic nitrogens is 2. The summed E-state index contributed by atoms with van der Waals surface area (Å²) in [4.78, 5) is 5.05. The van der Waals surface area contributed by atoms with Gasteiger partial charge in [-0.2, -0.15) is 4.31 Å². The van der Waals surface area contributed by atoms with Crippen molar-refractivity contribution in [1.29, 1.82) is 0 Å². The van der Waals surface area contributed by atoms with Crippen molar-refractivity contribution in [2.24, 2.45) is 11.8 Å². The molecule has 0 amide bonds. The third-order valence-electron chi connectivity index (χ3n) is 4.61. The Bertz CT molecular complexity index is 843. The van der Waals surface area contributed by atoms with Gasteiger partial charge >= 0.3 is 0 Å². The Hall–Kier alpha value is -1.40. The molecule has 1 aromatic heterocycles. The lowest BCUT2D eigenvalue weighted by Gasteiger charge is -2.25. The van der Waals surface area contributed by atoms with Gasteiger partial charge < -0.3 is 4.57 Å². The van der Waals surface area contributed by atoms with Crippen LogP contribution >= 0.6 is 0 Å². The highest BCUT2D eigenvalue weighted by Crippen LogP contribution is 2.26. The van der Waals surface area contributed by atoms with Crippen LogP contribution in [0.5, 0.6) is 0 Å². The summed E-state index contributed by atoms with van der Waals surface area (Å²) in [6.45, 7) is 10.3. The average Bonchev–Trinajstić information content (AvgIpc) is 2.91. The van der Waals surface area contributed by atoms with Gasteiger partial charge in [0, 0.05) is 26.1 Å². The maximum Gasteiger partial charge on any atom is 0.243 e. The molecule has 2 aromatic rings. The van der Waals surface area contributed by atoms with Crippen LogP contribution < -0.4 is 0 Å². The van der Waals surface area contributed by atoms with Gasteiger partial charge in [-0.15, -0.1) is 0 Å². The summed E-state index contributed by atoms with van der Waals surface area (Å²) in [5.41, 5.74) is 1.85. The maximum absolute atomic E-state index is 13.2. The summed E-state index contributed by atoms with van der Waals surface area (Å²) in [6.07, 6.45) is 3.30. The van der Waals surface area contributed by atoms with Crippen LogP contribution in [0, 0.1) is 11.8 Å². The van der Waals surface area contributed by atoms with Crippen LogP contribution in [0.15, 0.2) is 23.1 Å². The molecule has 6 heteroatoms. The number of sulfonamides is 1. The van der Waals surface area contributed by atoms with E-state index in [2.05, 4.69) is 37.2 Å². The van der Waals surface area contributed by atoms with Gasteiger partial charge in [0.2, 0.25) is 10.0 Å². The van der Waals surface area contributed by atoms with Gasteiger partial charge in [-0.05, 0) is 42.9 Å². The van der Waals surface area contributed by atoms with E-state index in [1.54, 1.807) is 16.4 Å². The SMILES string of the molecule is CC(C)CN(CC(C)C)S(=O)(=O)c1ccc2c(c1)nc1n2CCCC1. The second-order valence-electron chi connectivity index (χ2n) is 7.90. The Labute approximate surface area is 151 Å². The molecule has 25 heavy (non-hydrogen) atoms. The largest absolute Gasteiger partial charge is 0.328 e. The first-order chi connectivity index (χ1) is 11.8. The van der Waals surface area contributed by atoms with Crippen LogP contribution in [0.2, 0.25) is 0 Å². The summed E-state index contributed by atoms with van der Waals surface area (Å²) in [5, 5.41) is 0. The molecule has 2 heterocycles. The molecular weight excluding hydrogens is 334 g/mol. The van der Waals surface area contributed by atoms with Crippen molar-refractivity contribution in [2.45, 2.75) is 58.4 Å². The maximum atomic E-state index is 13.2. The molecule has 3 rings (SSSR count). The molecule has 1 aromatic carbocycles. The predicted octanol–water partition coefficient (Wildman–Crippen LogP) is 3.68. The number of imidazole rings is 1. The second-order valence-corrected chi connectivity index (χ2v) is 9.83. The third-order valence-corrected chi connectivity index (χ3v) is 6.43. The minimum absolute atomic E-state index is 0.289. The minimum Gasteiger partial charge on any atom is -0.328 e. The Morgan fingerprint density at radius 1 is 1.12 bits per heavy atom. The van der Waals surface area contributed by atoms with E-state index in [-0.39, 0.29) is 11.8 Å². The van der Waals surface area contributed by atoms with Crippen molar-refractivity contribution in [1.82, 2.24) is 13.9 Å². The van der Waals surface area contributed by atoms with Crippen LogP contribution in [0.3, 0.4) is 0 Å². The molecule has 1 aliphatic rings. The van der Waals surface area contributed by atoms with E-state index < -0.39 is 10.0 Å². The van der Waals surface area contributed by atoms with Crippen molar-refractivity contribution < 1.29 is 8.42 Å². The molecule has 0 spiro atoms. The summed E-state index contributed by atoms with van der Waals surface area (Å²) in [6, 6.07) is 5.42. The molecular formula is C19H29N3O2S. The minimum atomic E-state index is -3.50. The monoisotopic (exact) mass is 363 g/mol. The zero-order valence-corrected chi connectivity index (χ0v) is 16.5. The van der Waals surface area contributed by atoms with Crippen LogP contribution in [-0.2, 0) is 23.0 Å². The topological polar surface area (TPSA) is 55.2 Å². The Kier molecular flexibility index (Phi) is 5.21. The van der Waals surface area contributed by atoms with E-state index in [1.165, 1.54) is 0 Å². The van der Waals surface area contributed by atoms with E-state index in [0.717, 1.165) is 42.7 Å². The van der Waals surface area contributed by atoms with Crippen molar-refractivity contribution in [3.05, 3.63) is 24.0 Å². The lowest BCUT2D eigenvalue weighted by Crippen LogP contribution is -2.37. The number of hydrogen-bond acceptors (Lipinski definition) is 3. The Balaban J connectivity index is 2.00. The van der Waals surface area contributed by atoms with E-state index in [9.17, 15) is 8.42 Å². The lowest BCUT2D eigenvalue weighted by molar-refractivity contribution is 0.333. The van der Waals surface area contributed by atoms with Crippen molar-refractivity contribution >= 4 is 21.1 Å². The highest BCUT2D eigenvalue weighted by Gasteiger charge is 2.27. The van der Waals surface area contributed by atoms with Gasteiger partial charge in [0.25, 0.3) is 0 Å². The van der Waals surface area contributed by atoms with Gasteiger partial charge in [0.1, 0.15) is 5.82 Å². The molecule has 0 saturated heterocycles. The molecule has 138 valence electrons. The lowest BCUT2D eigenvalue weighted by atomic mass is 10.2. The molecule has 0 radical (unpaired) electrons. The predicted molar refractivity (Wildman–Crippen MR) is 101 cm³/mol. The highest BCUT2D eigenvalue weighted by molar-refractivity contribution is 7.89. The van der Waals surface area contributed by atoms with Gasteiger partial charge in [-0.25, -0.2) is 13.4 Å². The van der Waals surface area contributed by atoms with Crippen molar-refractivity contribution in [3.63, 3.8) is 0 Å². The number of hydrogen-bond donors (Lipinski definition) is 0. The Morgan fingerprint density at radius 3 is 2.44 bits per heavy atom. The summed E-state index contributed by atoms with van der Waals surface area (Å²) in [7, 11) is -3.50. The first kappa shape index (κ1) is 18.4. The van der Waals surface area contributed by atoms with E-state index in [4.69, 9.17) is 0 Å². The normalized spacial score (nSPS) is 15.5. The molecule has 0 atom stereocenters. The van der Waals surface area contributed by atoms with Gasteiger partial charge in [-0.3, -0.25) is 0 Å². The molecule has 0 bridgehead atoms. The van der Waals surface area contributed by atoms with Crippen LogP contribution in [0.25, 0.3) is 11.0 Å². The number of nitrogens with zero attached hydrogens (tertiary/aromatic N) is 3. The first-order valence-corrected chi connectivity index (χ1v) is 10.7. The van der Waals surface area contributed by atoms with E-state index >= 15 is 0 Å². The molecule has 0 unspecified atom stereocenters. The van der Waals surface area contributed by atoms with Gasteiger partial charge in [-0.1, -0.05) is 27.7 Å². The number of rotatable bonds is 6. The first-order valence-electron chi connectivity index (χ1n) is 9.28. The van der Waals surface area contributed by atoms with Gasteiger partial charge in [0.15, 0.2) is 0 Å². The zero-order chi connectivity index (χ0) is 18.2. The Morgan fingerprint density at radius 2 is 1.80 bits per heavy atom. The highest BCUT2D eigenvalue weighted by atomic mass is 32.2. The molecule has 0 fully saturated rings. The fourth-order valence-corrected chi connectivity index (χ4v) is 5.34. The zero-order valence-electron chi connectivity index (χ0n) is 15.7. The molecule has 1 aliphatic heterocycles. The summed E-state index contributed by atoms with van der Waals surface area (Å²) in [5.74, 6) is 1.66. The summed E-state index contributed by atoms with van der Waals surface area (Å²) >= 11 is 0. The van der Waals surface area contributed by atoms with Crippen LogP contribution in [0.4, 0.5) is 0 Å². The standard InChI is InChI=1S/C19H29N3O2S/c1-14(2)12-21(13-15(3)4)25(23,24)16-8-9-18-17(11-16)20-19-7-5-6-10-22(18)19/h8-9,11,14-15H,5-7,10,12-13H2,1-4H3. The summed E-state index contributed by atoms with van der Waals surface area (Å²) < 4.78 is 30.2. The molecule has 0 saturated carbocycles. The van der Waals surface area contributed by atoms with Crippen LogP contribution in [0.1, 0.15) is 46.4 Å². The van der Waals surface area contributed by atoms with Crippen LogP contribution in [-0.4, -0.2) is 35.4 Å².